The molecule has 6 rings (SSSR count). The predicted octanol–water partition coefficient (Wildman–Crippen LogP) is 2.27. The van der Waals surface area contributed by atoms with Gasteiger partial charge in [0.25, 0.3) is 11.8 Å². The molecule has 0 spiro atoms. The lowest BCUT2D eigenvalue weighted by atomic mass is 10.1. The van der Waals surface area contributed by atoms with Gasteiger partial charge in [-0.25, -0.2) is 0 Å². The fourth-order valence-electron chi connectivity index (χ4n) is 7.76. The Labute approximate surface area is 363 Å². The number of aliphatic hydroxyl groups excluding tert-OH is 1. The number of aromatic nitrogens is 8. The Morgan fingerprint density at radius 1 is 0.698 bits per heavy atom. The lowest BCUT2D eigenvalue weighted by Crippen LogP contribution is -2.43. The second-order valence-electron chi connectivity index (χ2n) is 14.9. The third kappa shape index (κ3) is 9.42. The van der Waals surface area contributed by atoms with E-state index in [1.54, 1.807) is 87.4 Å². The molecule has 0 bridgehead atoms. The highest BCUT2D eigenvalue weighted by atomic mass is 16.5. The van der Waals surface area contributed by atoms with Gasteiger partial charge in [0.05, 0.1) is 47.6 Å². The minimum Gasteiger partial charge on any atom is -0.491 e. The van der Waals surface area contributed by atoms with Crippen LogP contribution in [-0.4, -0.2) is 105 Å². The number of aliphatic hydroxyl groups is 1. The van der Waals surface area contributed by atoms with Gasteiger partial charge in [-0.2, -0.15) is 20.2 Å². The SMILES string of the molecule is CCOC(Cn1/c(=N/C(=O)c2cc(C)nn2CC)n(C)c2cc(C(N)=O)ccc21)C(Cn1/c(=N/C(=O)c2cc(C)nn2CC)n(C)c2cc(C(N)=O)cc(OCCCO)c21)OCC. The van der Waals surface area contributed by atoms with Crippen LogP contribution in [-0.2, 0) is 49.7 Å². The Hall–Kier alpha value is -6.64. The molecule has 0 aliphatic heterocycles. The van der Waals surface area contributed by atoms with Crippen LogP contribution in [0.15, 0.2) is 52.4 Å². The maximum absolute atomic E-state index is 14.1. The van der Waals surface area contributed by atoms with Crippen molar-refractivity contribution in [2.45, 2.75) is 86.4 Å². The van der Waals surface area contributed by atoms with Gasteiger partial charge in [0.1, 0.15) is 34.9 Å². The normalized spacial score (nSPS) is 13.3. The van der Waals surface area contributed by atoms with Gasteiger partial charge in [0.15, 0.2) is 0 Å². The van der Waals surface area contributed by atoms with E-state index in [4.69, 9.17) is 25.7 Å². The molecule has 63 heavy (non-hydrogen) atoms. The number of hydrogen-bond acceptors (Lipinski definition) is 10. The molecule has 0 aliphatic rings. The quantitative estimate of drug-likeness (QED) is 0.100. The summed E-state index contributed by atoms with van der Waals surface area (Å²) in [6.07, 6.45) is -1.20. The topological polar surface area (TPSA) is 248 Å². The smallest absolute Gasteiger partial charge is 0.298 e. The van der Waals surface area contributed by atoms with Gasteiger partial charge in [-0.05, 0) is 84.0 Å². The van der Waals surface area contributed by atoms with Crippen molar-refractivity contribution in [1.29, 1.82) is 0 Å². The first-order chi connectivity index (χ1) is 30.1. The summed E-state index contributed by atoms with van der Waals surface area (Å²) in [6, 6.07) is 11.5. The molecule has 0 aliphatic carbocycles. The van der Waals surface area contributed by atoms with Crippen LogP contribution in [0.1, 0.15) is 87.2 Å². The molecular weight excluding hydrogens is 813 g/mol. The maximum Gasteiger partial charge on any atom is 0.298 e. The fourth-order valence-corrected chi connectivity index (χ4v) is 7.76. The van der Waals surface area contributed by atoms with Gasteiger partial charge in [-0.3, -0.25) is 28.5 Å². The number of imidazole rings is 2. The Morgan fingerprint density at radius 3 is 1.71 bits per heavy atom. The van der Waals surface area contributed by atoms with Gasteiger partial charge in [-0.1, -0.05) is 0 Å². The largest absolute Gasteiger partial charge is 0.491 e. The highest BCUT2D eigenvalue weighted by Gasteiger charge is 2.30. The molecule has 5 N–H and O–H groups in total. The van der Waals surface area contributed by atoms with E-state index in [0.717, 1.165) is 0 Å². The van der Waals surface area contributed by atoms with Crippen molar-refractivity contribution in [2.75, 3.05) is 26.4 Å². The van der Waals surface area contributed by atoms with Gasteiger partial charge >= 0.3 is 0 Å². The van der Waals surface area contributed by atoms with Gasteiger partial charge in [0.2, 0.25) is 23.1 Å². The van der Waals surface area contributed by atoms with E-state index in [9.17, 15) is 24.3 Å². The number of nitrogens with two attached hydrogens (primary N) is 2. The Morgan fingerprint density at radius 2 is 1.21 bits per heavy atom. The average molecular weight is 869 g/mol. The number of hydrogen-bond donors (Lipinski definition) is 3. The van der Waals surface area contributed by atoms with Crippen LogP contribution in [0, 0.1) is 13.8 Å². The Kier molecular flexibility index (Phi) is 14.3. The minimum atomic E-state index is -0.764. The van der Waals surface area contributed by atoms with Gasteiger partial charge in [-0.15, -0.1) is 0 Å². The molecule has 2 aromatic carbocycles. The van der Waals surface area contributed by atoms with Crippen LogP contribution in [0.2, 0.25) is 0 Å². The summed E-state index contributed by atoms with van der Waals surface area (Å²) < 4.78 is 29.5. The van der Waals surface area contributed by atoms with E-state index in [2.05, 4.69) is 20.2 Å². The number of aryl methyl sites for hydroxylation is 6. The molecule has 0 saturated heterocycles. The van der Waals surface area contributed by atoms with Crippen molar-refractivity contribution < 1.29 is 38.5 Å². The van der Waals surface area contributed by atoms with Crippen LogP contribution in [0.5, 0.6) is 5.75 Å². The number of nitrogens with zero attached hydrogens (tertiary/aromatic N) is 10. The van der Waals surface area contributed by atoms with E-state index >= 15 is 0 Å². The van der Waals surface area contributed by atoms with E-state index in [0.29, 0.717) is 58.7 Å². The third-order valence-electron chi connectivity index (χ3n) is 10.7. The number of benzene rings is 2. The second-order valence-corrected chi connectivity index (χ2v) is 14.9. The number of rotatable bonds is 19. The van der Waals surface area contributed by atoms with E-state index in [1.165, 1.54) is 6.07 Å². The van der Waals surface area contributed by atoms with Crippen molar-refractivity contribution >= 4 is 45.7 Å². The molecule has 4 aromatic heterocycles. The molecule has 4 heterocycles. The zero-order valence-electron chi connectivity index (χ0n) is 37.0. The summed E-state index contributed by atoms with van der Waals surface area (Å²) in [4.78, 5) is 62.3. The monoisotopic (exact) mass is 868 g/mol. The van der Waals surface area contributed by atoms with Crippen molar-refractivity contribution in [1.82, 2.24) is 37.8 Å². The highest BCUT2D eigenvalue weighted by molar-refractivity contribution is 5.99. The zero-order valence-corrected chi connectivity index (χ0v) is 37.0. The van der Waals surface area contributed by atoms with E-state index < -0.39 is 35.8 Å². The van der Waals surface area contributed by atoms with Gasteiger partial charge in [0, 0.05) is 64.6 Å². The highest BCUT2D eigenvalue weighted by Crippen LogP contribution is 2.29. The summed E-state index contributed by atoms with van der Waals surface area (Å²) in [5.41, 5.74) is 16.5. The fraction of sp³-hybridized carbons (Fsp3) is 0.442. The number of amides is 4. The average Bonchev–Trinajstić information content (AvgIpc) is 3.98. The van der Waals surface area contributed by atoms with E-state index in [-0.39, 0.29) is 73.3 Å². The number of carbonyl (C=O) groups excluding carboxylic acids is 4. The summed E-state index contributed by atoms with van der Waals surface area (Å²) >= 11 is 0. The lowest BCUT2D eigenvalue weighted by molar-refractivity contribution is -0.0801. The molecular formula is C43H56N12O8. The first-order valence-electron chi connectivity index (χ1n) is 20.9. The molecule has 0 saturated carbocycles. The number of carbonyl (C=O) groups is 4. The second kappa shape index (κ2) is 19.6. The summed E-state index contributed by atoms with van der Waals surface area (Å²) in [6.45, 7) is 12.6. The van der Waals surface area contributed by atoms with Gasteiger partial charge < -0.3 is 49.1 Å². The first-order valence-corrected chi connectivity index (χ1v) is 20.9. The molecule has 20 heteroatoms. The molecule has 2 unspecified atom stereocenters. The maximum atomic E-state index is 14.1. The number of primary amides is 2. The summed E-state index contributed by atoms with van der Waals surface area (Å²) in [5, 5.41) is 18.5. The number of ether oxygens (including phenoxy) is 3. The van der Waals surface area contributed by atoms with Crippen molar-refractivity contribution in [2.24, 2.45) is 35.5 Å². The van der Waals surface area contributed by atoms with Crippen LogP contribution < -0.4 is 27.4 Å². The Bertz CT molecular complexity index is 2830. The zero-order chi connectivity index (χ0) is 45.7. The molecule has 336 valence electrons. The van der Waals surface area contributed by atoms with Crippen molar-refractivity contribution in [3.05, 3.63) is 87.6 Å². The van der Waals surface area contributed by atoms with Crippen LogP contribution in [0.25, 0.3) is 22.1 Å². The van der Waals surface area contributed by atoms with Crippen LogP contribution in [0.3, 0.4) is 0 Å². The minimum absolute atomic E-state index is 0.0395. The van der Waals surface area contributed by atoms with E-state index in [1.807, 2.05) is 32.3 Å². The van der Waals surface area contributed by atoms with Crippen molar-refractivity contribution in [3.63, 3.8) is 0 Å². The molecule has 6 aromatic rings. The van der Waals surface area contributed by atoms with Crippen molar-refractivity contribution in [3.8, 4) is 5.75 Å². The van der Waals surface area contributed by atoms with Crippen LogP contribution >= 0.6 is 0 Å². The lowest BCUT2D eigenvalue weighted by Gasteiger charge is -2.28. The Balaban J connectivity index is 1.57. The predicted molar refractivity (Wildman–Crippen MR) is 232 cm³/mol. The summed E-state index contributed by atoms with van der Waals surface area (Å²) in [5.74, 6) is -2.12. The van der Waals surface area contributed by atoms with Crippen LogP contribution in [0.4, 0.5) is 0 Å². The summed E-state index contributed by atoms with van der Waals surface area (Å²) in [7, 11) is 3.46. The first kappa shape index (κ1) is 45.9. The standard InChI is InChI=1S/C43H56N12O8/c1-9-54-32(18-25(5)48-54)40(59)46-42-50(7)30-20-27(38(44)57)14-15-29(30)52(42)23-35(61-11-3)36(62-12-4)24-53-37-31(21-28(39(45)58)22-34(37)63-17-13-16-56)51(8)43(53)47-41(60)33-19-26(6)49-55(33)10-2/h14-15,18-22,35-36,56H,9-13,16-17,23-24H2,1-8H3,(H2,44,57)(H2,45,58)/b46-42+,47-43+. The molecule has 20 nitrogen and oxygen atoms in total. The molecule has 0 fully saturated rings. The molecule has 2 atom stereocenters. The molecule has 4 amide bonds. The number of fused-ring (bicyclic) bond motifs is 2. The third-order valence-corrected chi connectivity index (χ3v) is 10.7. The molecule has 0 radical (unpaired) electrons.